The van der Waals surface area contributed by atoms with E-state index in [4.69, 9.17) is 9.84 Å². The summed E-state index contributed by atoms with van der Waals surface area (Å²) in [5.74, 6) is 0. The molecule has 0 aromatic rings. The zero-order valence-corrected chi connectivity index (χ0v) is 9.24. The van der Waals surface area contributed by atoms with Gasteiger partial charge in [-0.05, 0) is 39.2 Å². The topological polar surface area (TPSA) is 32.7 Å². The molecular weight excluding hydrogens is 178 g/mol. The normalized spacial score (nSPS) is 21.9. The molecule has 14 heavy (non-hydrogen) atoms. The molecule has 1 aliphatic heterocycles. The van der Waals surface area contributed by atoms with Crippen LogP contribution in [-0.2, 0) is 4.74 Å². The van der Waals surface area contributed by atoms with Gasteiger partial charge in [0.1, 0.15) is 0 Å². The van der Waals surface area contributed by atoms with Crippen molar-refractivity contribution in [1.82, 2.24) is 4.90 Å². The summed E-state index contributed by atoms with van der Waals surface area (Å²) in [6, 6.07) is 0. The summed E-state index contributed by atoms with van der Waals surface area (Å²) >= 11 is 0. The highest BCUT2D eigenvalue weighted by Crippen LogP contribution is 2.04. The largest absolute Gasteiger partial charge is 0.393 e. The Morgan fingerprint density at radius 1 is 1.29 bits per heavy atom. The molecule has 1 saturated heterocycles. The zero-order chi connectivity index (χ0) is 10.2. The van der Waals surface area contributed by atoms with Crippen LogP contribution in [0.15, 0.2) is 0 Å². The first-order chi connectivity index (χ1) is 6.79. The van der Waals surface area contributed by atoms with Gasteiger partial charge in [0.05, 0.1) is 12.7 Å². The lowest BCUT2D eigenvalue weighted by atomic mass is 10.1. The van der Waals surface area contributed by atoms with Crippen LogP contribution < -0.4 is 0 Å². The fraction of sp³-hybridized carbons (Fsp3) is 1.00. The number of aliphatic hydroxyl groups is 1. The molecule has 1 heterocycles. The summed E-state index contributed by atoms with van der Waals surface area (Å²) in [7, 11) is 0. The van der Waals surface area contributed by atoms with Crippen molar-refractivity contribution in [3.05, 3.63) is 0 Å². The van der Waals surface area contributed by atoms with Crippen LogP contribution in [0.25, 0.3) is 0 Å². The smallest absolute Gasteiger partial charge is 0.0593 e. The number of ether oxygens (including phenoxy) is 1. The summed E-state index contributed by atoms with van der Waals surface area (Å²) in [6.07, 6.45) is 4.29. The van der Waals surface area contributed by atoms with E-state index in [9.17, 15) is 0 Å². The summed E-state index contributed by atoms with van der Waals surface area (Å²) in [4.78, 5) is 2.47. The lowest BCUT2D eigenvalue weighted by Crippen LogP contribution is -2.27. The van der Waals surface area contributed by atoms with Crippen molar-refractivity contribution >= 4 is 0 Å². The highest BCUT2D eigenvalue weighted by Gasteiger charge is 2.08. The van der Waals surface area contributed by atoms with Gasteiger partial charge in [-0.3, -0.25) is 0 Å². The Balaban J connectivity index is 1.99. The Labute approximate surface area is 87.1 Å². The van der Waals surface area contributed by atoms with E-state index in [1.807, 2.05) is 6.92 Å². The van der Waals surface area contributed by atoms with Crippen molar-refractivity contribution in [3.63, 3.8) is 0 Å². The van der Waals surface area contributed by atoms with Crippen LogP contribution in [0.4, 0.5) is 0 Å². The van der Waals surface area contributed by atoms with Crippen LogP contribution in [0, 0.1) is 0 Å². The molecule has 1 rings (SSSR count). The Bertz CT molecular complexity index is 131. The number of hydrogen-bond acceptors (Lipinski definition) is 3. The minimum atomic E-state index is -0.137. The monoisotopic (exact) mass is 201 g/mol. The van der Waals surface area contributed by atoms with Crippen LogP contribution in [-0.4, -0.2) is 49.0 Å². The third-order valence-corrected chi connectivity index (χ3v) is 2.66. The number of nitrogens with zero attached hydrogens (tertiary/aromatic N) is 1. The second-order valence-electron chi connectivity index (χ2n) is 4.15. The van der Waals surface area contributed by atoms with Gasteiger partial charge in [0.2, 0.25) is 0 Å². The first-order valence-corrected chi connectivity index (χ1v) is 5.77. The van der Waals surface area contributed by atoms with Crippen molar-refractivity contribution in [1.29, 1.82) is 0 Å². The lowest BCUT2D eigenvalue weighted by Gasteiger charge is -2.18. The second kappa shape index (κ2) is 7.21. The van der Waals surface area contributed by atoms with Crippen molar-refractivity contribution in [3.8, 4) is 0 Å². The highest BCUT2D eigenvalue weighted by molar-refractivity contribution is 4.61. The first kappa shape index (κ1) is 12.0. The van der Waals surface area contributed by atoms with Gasteiger partial charge in [0.25, 0.3) is 0 Å². The van der Waals surface area contributed by atoms with Gasteiger partial charge in [-0.1, -0.05) is 0 Å². The third-order valence-electron chi connectivity index (χ3n) is 2.66. The lowest BCUT2D eigenvalue weighted by molar-refractivity contribution is 0.140. The molecule has 0 aromatic heterocycles. The molecule has 0 aromatic carbocycles. The van der Waals surface area contributed by atoms with Gasteiger partial charge in [-0.25, -0.2) is 0 Å². The van der Waals surface area contributed by atoms with Gasteiger partial charge in [-0.2, -0.15) is 0 Å². The van der Waals surface area contributed by atoms with E-state index in [0.29, 0.717) is 0 Å². The minimum absolute atomic E-state index is 0.137. The summed E-state index contributed by atoms with van der Waals surface area (Å²) in [5.41, 5.74) is 0. The van der Waals surface area contributed by atoms with E-state index in [-0.39, 0.29) is 6.10 Å². The van der Waals surface area contributed by atoms with Crippen molar-refractivity contribution < 1.29 is 9.84 Å². The minimum Gasteiger partial charge on any atom is -0.393 e. The molecule has 0 aliphatic carbocycles. The summed E-state index contributed by atoms with van der Waals surface area (Å²) in [5, 5.41) is 9.10. The molecule has 0 spiro atoms. The van der Waals surface area contributed by atoms with E-state index in [1.54, 1.807) is 0 Å². The maximum absolute atomic E-state index is 9.10. The molecule has 1 N–H and O–H groups in total. The molecule has 1 atom stereocenters. The van der Waals surface area contributed by atoms with E-state index in [1.165, 1.54) is 13.0 Å². The van der Waals surface area contributed by atoms with Crippen molar-refractivity contribution in [2.45, 2.75) is 38.7 Å². The van der Waals surface area contributed by atoms with E-state index in [0.717, 1.165) is 45.6 Å². The predicted octanol–water partition coefficient (Wildman–Crippen LogP) is 1.26. The molecule has 84 valence electrons. The number of aliphatic hydroxyl groups excluding tert-OH is 1. The average Bonchev–Trinajstić information content (AvgIpc) is 2.40. The van der Waals surface area contributed by atoms with Crippen LogP contribution in [0.2, 0.25) is 0 Å². The zero-order valence-electron chi connectivity index (χ0n) is 9.24. The molecule has 1 unspecified atom stereocenters. The third kappa shape index (κ3) is 5.58. The Hall–Kier alpha value is -0.120. The van der Waals surface area contributed by atoms with Gasteiger partial charge in [0, 0.05) is 19.7 Å². The quantitative estimate of drug-likeness (QED) is 0.680. The fourth-order valence-electron chi connectivity index (χ4n) is 1.80. The molecule has 0 saturated carbocycles. The molecule has 3 heteroatoms. The number of rotatable bonds is 5. The molecule has 0 bridgehead atoms. The average molecular weight is 201 g/mol. The summed E-state index contributed by atoms with van der Waals surface area (Å²) in [6.45, 7) is 7.08. The van der Waals surface area contributed by atoms with Crippen molar-refractivity contribution in [2.24, 2.45) is 0 Å². The first-order valence-electron chi connectivity index (χ1n) is 5.77. The molecule has 0 amide bonds. The van der Waals surface area contributed by atoms with Crippen LogP contribution in [0.1, 0.15) is 32.6 Å². The summed E-state index contributed by atoms with van der Waals surface area (Å²) < 4.78 is 5.39. The van der Waals surface area contributed by atoms with Gasteiger partial charge in [-0.15, -0.1) is 0 Å². The Morgan fingerprint density at radius 2 is 2.14 bits per heavy atom. The SMILES string of the molecule is CC(O)CCCCN1CCCOCC1. The van der Waals surface area contributed by atoms with E-state index in [2.05, 4.69) is 4.90 Å². The van der Waals surface area contributed by atoms with Crippen LogP contribution in [0.3, 0.4) is 0 Å². The van der Waals surface area contributed by atoms with Gasteiger partial charge >= 0.3 is 0 Å². The maximum atomic E-state index is 9.10. The Morgan fingerprint density at radius 3 is 2.93 bits per heavy atom. The number of unbranched alkanes of at least 4 members (excludes halogenated alkanes) is 1. The fourth-order valence-corrected chi connectivity index (χ4v) is 1.80. The second-order valence-corrected chi connectivity index (χ2v) is 4.15. The van der Waals surface area contributed by atoms with E-state index < -0.39 is 0 Å². The maximum Gasteiger partial charge on any atom is 0.0593 e. The number of hydrogen-bond donors (Lipinski definition) is 1. The molecule has 3 nitrogen and oxygen atoms in total. The Kier molecular flexibility index (Phi) is 6.15. The molecule has 1 aliphatic rings. The van der Waals surface area contributed by atoms with Gasteiger partial charge < -0.3 is 14.7 Å². The van der Waals surface area contributed by atoms with Gasteiger partial charge in [0.15, 0.2) is 0 Å². The highest BCUT2D eigenvalue weighted by atomic mass is 16.5. The predicted molar refractivity (Wildman–Crippen MR) is 57.4 cm³/mol. The molecule has 1 fully saturated rings. The molecular formula is C11H23NO2. The molecule has 0 radical (unpaired) electrons. The van der Waals surface area contributed by atoms with Crippen molar-refractivity contribution in [2.75, 3.05) is 32.8 Å². The van der Waals surface area contributed by atoms with Crippen LogP contribution in [0.5, 0.6) is 0 Å². The van der Waals surface area contributed by atoms with E-state index >= 15 is 0 Å². The standard InChI is InChI=1S/C11H23NO2/c1-11(13)5-2-3-6-12-7-4-9-14-10-8-12/h11,13H,2-10H2,1H3. The van der Waals surface area contributed by atoms with Crippen LogP contribution >= 0.6 is 0 Å².